The maximum Gasteiger partial charge on any atom is 0.407 e. The summed E-state index contributed by atoms with van der Waals surface area (Å²) in [6.07, 6.45) is 6.31. The summed E-state index contributed by atoms with van der Waals surface area (Å²) in [4.78, 5) is 88.0. The SMILES string of the molecule is COC(=O)[C@@H](C)CCCCN.COC(=O)[C@@H](C)CCCCNC(=O)CN.COC(=O)[C@@H](C)CCCCNC(=O)CNC(=O)OCc1ccccc1.O=C(O)CNC(=O)OCc1ccccc1. The molecule has 2 rings (SSSR count). The lowest BCUT2D eigenvalue weighted by Crippen LogP contribution is -2.37. The molecule has 0 aliphatic carbocycles. The van der Waals surface area contributed by atoms with E-state index in [-0.39, 0.29) is 73.8 Å². The predicted octanol–water partition coefficient (Wildman–Crippen LogP) is 3.97. The number of ether oxygens (including phenoxy) is 5. The van der Waals surface area contributed by atoms with Gasteiger partial charge in [-0.15, -0.1) is 0 Å². The average molecular weight is 935 g/mol. The zero-order chi connectivity index (χ0) is 50.0. The van der Waals surface area contributed by atoms with Gasteiger partial charge in [-0.25, -0.2) is 9.59 Å². The van der Waals surface area contributed by atoms with Crippen molar-refractivity contribution < 1.29 is 67.1 Å². The number of carbonyl (C=O) groups is 8. The summed E-state index contributed by atoms with van der Waals surface area (Å²) in [6, 6.07) is 18.4. The molecule has 20 heteroatoms. The average Bonchev–Trinajstić information content (AvgIpc) is 3.33. The topological polar surface area (TPSA) is 303 Å². The molecule has 0 aliphatic heterocycles. The van der Waals surface area contributed by atoms with E-state index in [1.165, 1.54) is 21.3 Å². The molecular formula is C46H74N6O14. The van der Waals surface area contributed by atoms with Gasteiger partial charge in [0.25, 0.3) is 0 Å². The largest absolute Gasteiger partial charge is 0.480 e. The van der Waals surface area contributed by atoms with Crippen LogP contribution >= 0.6 is 0 Å². The molecule has 0 radical (unpaired) electrons. The molecule has 0 aromatic heterocycles. The van der Waals surface area contributed by atoms with Gasteiger partial charge in [0.05, 0.1) is 52.2 Å². The number of hydrogen-bond donors (Lipinski definition) is 7. The fourth-order valence-corrected chi connectivity index (χ4v) is 5.14. The van der Waals surface area contributed by atoms with Crippen LogP contribution in [-0.2, 0) is 65.7 Å². The number of carbonyl (C=O) groups excluding carboxylic acids is 7. The van der Waals surface area contributed by atoms with Gasteiger partial charge in [-0.1, -0.05) is 101 Å². The van der Waals surface area contributed by atoms with E-state index in [1.54, 1.807) is 0 Å². The molecule has 0 heterocycles. The molecule has 4 amide bonds. The van der Waals surface area contributed by atoms with Crippen LogP contribution in [0.15, 0.2) is 60.7 Å². The normalized spacial score (nSPS) is 11.2. The third kappa shape index (κ3) is 37.1. The van der Waals surface area contributed by atoms with E-state index in [2.05, 4.69) is 35.5 Å². The fraction of sp³-hybridized carbons (Fsp3) is 0.565. The molecule has 0 spiro atoms. The lowest BCUT2D eigenvalue weighted by Gasteiger charge is -2.10. The number of alkyl carbamates (subject to hydrolysis) is 2. The molecule has 3 atom stereocenters. The first-order chi connectivity index (χ1) is 31.5. The second-order valence-electron chi connectivity index (χ2n) is 14.7. The van der Waals surface area contributed by atoms with Gasteiger partial charge >= 0.3 is 36.1 Å². The number of amides is 4. The van der Waals surface area contributed by atoms with E-state index in [1.807, 2.05) is 81.4 Å². The second-order valence-corrected chi connectivity index (χ2v) is 14.7. The molecule has 0 saturated heterocycles. The Labute approximate surface area is 388 Å². The number of nitrogens with one attached hydrogen (secondary N) is 4. The molecule has 2 aromatic carbocycles. The Morgan fingerprint density at radius 2 is 0.879 bits per heavy atom. The number of rotatable bonds is 26. The van der Waals surface area contributed by atoms with Crippen LogP contribution in [0.2, 0.25) is 0 Å². The molecule has 0 bridgehead atoms. The number of carboxylic acid groups (broad SMARTS) is 1. The van der Waals surface area contributed by atoms with Crippen molar-refractivity contribution in [2.75, 3.05) is 60.6 Å². The third-order valence-corrected chi connectivity index (χ3v) is 9.06. The first-order valence-corrected chi connectivity index (χ1v) is 21.8. The Hall–Kier alpha value is -6.28. The molecular weight excluding hydrogens is 861 g/mol. The number of aliphatic carboxylic acids is 1. The van der Waals surface area contributed by atoms with Crippen molar-refractivity contribution in [1.29, 1.82) is 0 Å². The first-order valence-electron chi connectivity index (χ1n) is 21.8. The van der Waals surface area contributed by atoms with Crippen molar-refractivity contribution in [2.45, 2.75) is 91.8 Å². The Morgan fingerprint density at radius 3 is 1.23 bits per heavy atom. The van der Waals surface area contributed by atoms with E-state index in [0.717, 1.165) is 62.5 Å². The summed E-state index contributed by atoms with van der Waals surface area (Å²) in [7, 11) is 4.18. The van der Waals surface area contributed by atoms with E-state index in [4.69, 9.17) is 26.0 Å². The summed E-state index contributed by atoms with van der Waals surface area (Å²) >= 11 is 0. The van der Waals surface area contributed by atoms with Gasteiger partial charge in [0, 0.05) is 13.1 Å². The monoisotopic (exact) mass is 935 g/mol. The van der Waals surface area contributed by atoms with Crippen molar-refractivity contribution >= 4 is 47.9 Å². The van der Waals surface area contributed by atoms with Crippen LogP contribution < -0.4 is 32.7 Å². The maximum absolute atomic E-state index is 11.6. The minimum atomic E-state index is -1.10. The molecule has 20 nitrogen and oxygen atoms in total. The lowest BCUT2D eigenvalue weighted by atomic mass is 10.0. The molecule has 0 fully saturated rings. The van der Waals surface area contributed by atoms with E-state index in [9.17, 15) is 38.4 Å². The van der Waals surface area contributed by atoms with Crippen LogP contribution in [-0.4, -0.2) is 114 Å². The van der Waals surface area contributed by atoms with Gasteiger partial charge in [0.2, 0.25) is 11.8 Å². The molecule has 2 aromatic rings. The van der Waals surface area contributed by atoms with Gasteiger partial charge in [-0.3, -0.25) is 28.8 Å². The van der Waals surface area contributed by atoms with E-state index in [0.29, 0.717) is 26.1 Å². The predicted molar refractivity (Wildman–Crippen MR) is 246 cm³/mol. The smallest absolute Gasteiger partial charge is 0.407 e. The number of hydrogen-bond acceptors (Lipinski definition) is 15. The molecule has 9 N–H and O–H groups in total. The Kier molecular flexibility index (Phi) is 38.8. The van der Waals surface area contributed by atoms with E-state index >= 15 is 0 Å². The van der Waals surface area contributed by atoms with Crippen LogP contribution in [0, 0.1) is 17.8 Å². The van der Waals surface area contributed by atoms with Gasteiger partial charge < -0.3 is 61.5 Å². The van der Waals surface area contributed by atoms with Crippen molar-refractivity contribution in [3.05, 3.63) is 71.8 Å². The zero-order valence-corrected chi connectivity index (χ0v) is 39.4. The van der Waals surface area contributed by atoms with Crippen LogP contribution in [0.5, 0.6) is 0 Å². The summed E-state index contributed by atoms with van der Waals surface area (Å²) < 4.78 is 23.6. The number of esters is 3. The third-order valence-electron chi connectivity index (χ3n) is 9.06. The first kappa shape index (κ1) is 61.8. The lowest BCUT2D eigenvalue weighted by molar-refractivity contribution is -0.145. The highest BCUT2D eigenvalue weighted by molar-refractivity contribution is 5.82. The summed E-state index contributed by atoms with van der Waals surface area (Å²) in [6.45, 7) is 7.09. The molecule has 0 unspecified atom stereocenters. The summed E-state index contributed by atoms with van der Waals surface area (Å²) in [5.74, 6) is -2.24. The minimum absolute atomic E-state index is 0.0200. The van der Waals surface area contributed by atoms with Crippen LogP contribution in [0.3, 0.4) is 0 Å². The number of carboxylic acids is 1. The number of benzene rings is 2. The molecule has 372 valence electrons. The highest BCUT2D eigenvalue weighted by atomic mass is 16.6. The Balaban J connectivity index is 0. The van der Waals surface area contributed by atoms with Crippen LogP contribution in [0.25, 0.3) is 0 Å². The highest BCUT2D eigenvalue weighted by Gasteiger charge is 2.14. The van der Waals surface area contributed by atoms with E-state index < -0.39 is 24.7 Å². The van der Waals surface area contributed by atoms with Gasteiger partial charge in [0.15, 0.2) is 0 Å². The van der Waals surface area contributed by atoms with Gasteiger partial charge in [0.1, 0.15) is 19.8 Å². The molecule has 66 heavy (non-hydrogen) atoms. The van der Waals surface area contributed by atoms with Crippen LogP contribution in [0.4, 0.5) is 9.59 Å². The fourth-order valence-electron chi connectivity index (χ4n) is 5.14. The summed E-state index contributed by atoms with van der Waals surface area (Å²) in [5.41, 5.74) is 12.2. The Morgan fingerprint density at radius 1 is 0.515 bits per heavy atom. The standard InChI is InChI=1S/C18H26N2O5.C10H20N2O3.C10H11NO4.C8H17NO2/c1-14(17(22)24-2)8-6-7-11-19-16(21)12-20-18(23)25-13-15-9-4-3-5-10-15;1-8(10(14)15-2)5-3-4-6-12-9(13)7-11;12-9(13)6-11-10(14)15-7-8-4-2-1-3-5-8;1-7(8(10)11-2)5-3-4-6-9/h3-5,9-10,14H,6-8,11-13H2,1-2H3,(H,19,21)(H,20,23);8H,3-7,11H2,1-2H3,(H,12,13);1-5H,6-7H2,(H,11,14)(H,12,13);7H,3-6,9H2,1-2H3/t14-;8-;;7-/m00.0/s1. The minimum Gasteiger partial charge on any atom is -0.480 e. The van der Waals surface area contributed by atoms with Crippen molar-refractivity contribution in [3.63, 3.8) is 0 Å². The number of methoxy groups -OCH3 is 3. The number of nitrogens with two attached hydrogens (primary N) is 2. The Bertz CT molecular complexity index is 1650. The maximum atomic E-state index is 11.6. The van der Waals surface area contributed by atoms with Crippen LogP contribution in [0.1, 0.15) is 89.7 Å². The quantitative estimate of drug-likeness (QED) is 0.0399. The molecule has 0 aliphatic rings. The number of unbranched alkanes of at least 4 members (excludes halogenated alkanes) is 3. The molecule has 0 saturated carbocycles. The van der Waals surface area contributed by atoms with Gasteiger partial charge in [-0.05, 0) is 56.2 Å². The van der Waals surface area contributed by atoms with Crippen molar-refractivity contribution in [1.82, 2.24) is 21.3 Å². The van der Waals surface area contributed by atoms with Crippen molar-refractivity contribution in [3.8, 4) is 0 Å². The highest BCUT2D eigenvalue weighted by Crippen LogP contribution is 2.10. The van der Waals surface area contributed by atoms with Crippen molar-refractivity contribution in [2.24, 2.45) is 29.2 Å². The van der Waals surface area contributed by atoms with Gasteiger partial charge in [-0.2, -0.15) is 0 Å². The second kappa shape index (κ2) is 41.4. The summed E-state index contributed by atoms with van der Waals surface area (Å²) in [5, 5.41) is 18.1. The zero-order valence-electron chi connectivity index (χ0n) is 39.4.